The summed E-state index contributed by atoms with van der Waals surface area (Å²) in [6.45, 7) is 3.46. The molecule has 7 heteroatoms. The van der Waals surface area contributed by atoms with Crippen LogP contribution >= 0.6 is 23.4 Å². The van der Waals surface area contributed by atoms with Crippen LogP contribution in [-0.2, 0) is 18.7 Å². The van der Waals surface area contributed by atoms with Crippen molar-refractivity contribution in [3.63, 3.8) is 0 Å². The van der Waals surface area contributed by atoms with Gasteiger partial charge in [-0.2, -0.15) is 0 Å². The van der Waals surface area contributed by atoms with Gasteiger partial charge in [-0.1, -0.05) is 59.8 Å². The maximum Gasteiger partial charge on any atom is 0.254 e. The third-order valence-corrected chi connectivity index (χ3v) is 7.16. The molecule has 2 aliphatic rings. The molecule has 0 radical (unpaired) electrons. The molecule has 0 N–H and O–H groups in total. The summed E-state index contributed by atoms with van der Waals surface area (Å²) in [5, 5.41) is 1.14. The Hall–Kier alpha value is -2.57. The minimum Gasteiger partial charge on any atom is -0.356 e. The highest BCUT2D eigenvalue weighted by molar-refractivity contribution is 7.98. The highest BCUT2D eigenvalue weighted by Crippen LogP contribution is 2.27. The normalized spacial score (nSPS) is 15.7. The van der Waals surface area contributed by atoms with Crippen molar-refractivity contribution < 1.29 is 4.79 Å². The number of carbonyl (C=O) groups excluding carboxylic acids is 1. The molecule has 164 valence electrons. The molecule has 32 heavy (non-hydrogen) atoms. The van der Waals surface area contributed by atoms with E-state index in [1.807, 2.05) is 41.3 Å². The van der Waals surface area contributed by atoms with Crippen LogP contribution in [0.4, 0.5) is 5.82 Å². The summed E-state index contributed by atoms with van der Waals surface area (Å²) in [6.07, 6.45) is 3.28. The number of hydrogen-bond donors (Lipinski definition) is 0. The first-order valence-electron chi connectivity index (χ1n) is 11.0. The Morgan fingerprint density at radius 3 is 2.62 bits per heavy atom. The van der Waals surface area contributed by atoms with Crippen molar-refractivity contribution >= 4 is 35.1 Å². The summed E-state index contributed by atoms with van der Waals surface area (Å²) in [5.74, 6) is 1.67. The molecule has 1 saturated heterocycles. The van der Waals surface area contributed by atoms with Crippen LogP contribution in [0.5, 0.6) is 0 Å². The molecule has 1 aromatic heterocycles. The van der Waals surface area contributed by atoms with Crippen molar-refractivity contribution in [1.29, 1.82) is 0 Å². The van der Waals surface area contributed by atoms with Crippen LogP contribution in [0.3, 0.4) is 0 Å². The van der Waals surface area contributed by atoms with E-state index < -0.39 is 0 Å². The molecule has 2 aliphatic heterocycles. The number of thioether (sulfide) groups is 1. The Bertz CT molecular complexity index is 1130. The topological polar surface area (TPSA) is 49.3 Å². The lowest BCUT2D eigenvalue weighted by Gasteiger charge is -2.29. The van der Waals surface area contributed by atoms with Gasteiger partial charge in [-0.3, -0.25) is 4.79 Å². The number of rotatable bonds is 5. The number of carbonyl (C=O) groups is 1. The molecular formula is C25H25ClN4OS. The number of hydrogen-bond acceptors (Lipinski definition) is 5. The van der Waals surface area contributed by atoms with Crippen LogP contribution in [0.15, 0.2) is 59.8 Å². The van der Waals surface area contributed by atoms with E-state index >= 15 is 0 Å². The molecule has 3 heterocycles. The summed E-state index contributed by atoms with van der Waals surface area (Å²) in [4.78, 5) is 26.4. The van der Waals surface area contributed by atoms with Gasteiger partial charge in [-0.15, -0.1) is 0 Å². The number of nitrogens with zero attached hydrogens (tertiary/aromatic N) is 4. The summed E-state index contributed by atoms with van der Waals surface area (Å²) < 4.78 is 0. The van der Waals surface area contributed by atoms with Gasteiger partial charge in [0.05, 0.1) is 0 Å². The minimum atomic E-state index is 0.0849. The molecule has 0 aliphatic carbocycles. The van der Waals surface area contributed by atoms with Gasteiger partial charge in [0.2, 0.25) is 0 Å². The molecule has 0 spiro atoms. The van der Waals surface area contributed by atoms with Crippen LogP contribution in [0.1, 0.15) is 39.9 Å². The Morgan fingerprint density at radius 1 is 0.969 bits per heavy atom. The van der Waals surface area contributed by atoms with Gasteiger partial charge in [-0.05, 0) is 48.1 Å². The second-order valence-electron chi connectivity index (χ2n) is 8.26. The Morgan fingerprint density at radius 2 is 1.78 bits per heavy atom. The molecule has 3 aromatic rings. The maximum atomic E-state index is 13.1. The van der Waals surface area contributed by atoms with Crippen molar-refractivity contribution in [3.8, 4) is 0 Å². The lowest BCUT2D eigenvalue weighted by molar-refractivity contribution is 0.0734. The zero-order chi connectivity index (χ0) is 21.9. The number of amides is 1. The molecule has 5 rings (SSSR count). The number of benzene rings is 2. The van der Waals surface area contributed by atoms with Gasteiger partial charge in [0.15, 0.2) is 5.16 Å². The fraction of sp³-hybridized carbons (Fsp3) is 0.320. The van der Waals surface area contributed by atoms with E-state index in [4.69, 9.17) is 16.6 Å². The van der Waals surface area contributed by atoms with Gasteiger partial charge in [-0.25, -0.2) is 9.97 Å². The number of aromatic nitrogens is 2. The van der Waals surface area contributed by atoms with E-state index in [0.29, 0.717) is 22.6 Å². The first kappa shape index (κ1) is 21.3. The Kier molecular flexibility index (Phi) is 6.32. The van der Waals surface area contributed by atoms with E-state index in [0.717, 1.165) is 43.0 Å². The highest BCUT2D eigenvalue weighted by Gasteiger charge is 2.22. The van der Waals surface area contributed by atoms with E-state index in [2.05, 4.69) is 28.1 Å². The Balaban J connectivity index is 1.26. The smallest absolute Gasteiger partial charge is 0.254 e. The molecule has 0 unspecified atom stereocenters. The van der Waals surface area contributed by atoms with Crippen LogP contribution in [0.2, 0.25) is 5.15 Å². The first-order chi connectivity index (χ1) is 15.7. The molecule has 0 saturated carbocycles. The zero-order valence-corrected chi connectivity index (χ0v) is 19.4. The number of anilines is 1. The van der Waals surface area contributed by atoms with Crippen molar-refractivity contribution in [2.75, 3.05) is 24.5 Å². The van der Waals surface area contributed by atoms with Gasteiger partial charge < -0.3 is 9.80 Å². The average Bonchev–Trinajstić information content (AvgIpc) is 3.37. The first-order valence-corrected chi connectivity index (χ1v) is 12.4. The van der Waals surface area contributed by atoms with Crippen LogP contribution in [-0.4, -0.2) is 40.4 Å². The molecule has 1 amide bonds. The third kappa shape index (κ3) is 4.76. The van der Waals surface area contributed by atoms with Crippen molar-refractivity contribution in [1.82, 2.24) is 14.9 Å². The molecule has 0 bridgehead atoms. The molecule has 5 nitrogen and oxygen atoms in total. The van der Waals surface area contributed by atoms with Gasteiger partial charge in [0, 0.05) is 43.6 Å². The predicted molar refractivity (Wildman–Crippen MR) is 129 cm³/mol. The summed E-state index contributed by atoms with van der Waals surface area (Å²) >= 11 is 7.81. The average molecular weight is 465 g/mol. The van der Waals surface area contributed by atoms with Crippen LogP contribution < -0.4 is 4.90 Å². The van der Waals surface area contributed by atoms with Gasteiger partial charge in [0.1, 0.15) is 11.0 Å². The third-order valence-electron chi connectivity index (χ3n) is 6.05. The second-order valence-corrected chi connectivity index (χ2v) is 9.59. The monoisotopic (exact) mass is 464 g/mol. The van der Waals surface area contributed by atoms with Crippen LogP contribution in [0.25, 0.3) is 0 Å². The fourth-order valence-electron chi connectivity index (χ4n) is 4.35. The standard InChI is InChI=1S/C25H25ClN4OS/c26-22-15-23(29-11-3-4-12-29)28-25(27-22)32-17-18-6-5-9-20(14-18)24(31)30-13-10-19-7-1-2-8-21(19)16-30/h1-2,5-9,14-15H,3-4,10-13,16-17H2. The highest BCUT2D eigenvalue weighted by atomic mass is 35.5. The quantitative estimate of drug-likeness (QED) is 0.294. The minimum absolute atomic E-state index is 0.0849. The lowest BCUT2D eigenvalue weighted by Crippen LogP contribution is -2.35. The van der Waals surface area contributed by atoms with E-state index in [1.165, 1.54) is 24.0 Å². The summed E-state index contributed by atoms with van der Waals surface area (Å²) in [6, 6.07) is 18.1. The fourth-order valence-corrected chi connectivity index (χ4v) is 5.38. The molecule has 2 aromatic carbocycles. The summed E-state index contributed by atoms with van der Waals surface area (Å²) in [7, 11) is 0. The Labute approximate surface area is 197 Å². The van der Waals surface area contributed by atoms with E-state index in [9.17, 15) is 4.79 Å². The van der Waals surface area contributed by atoms with Crippen molar-refractivity contribution in [2.45, 2.75) is 36.7 Å². The second kappa shape index (κ2) is 9.51. The SMILES string of the molecule is O=C(c1cccc(CSc2nc(Cl)cc(N3CCCC3)n2)c1)N1CCc2ccccc2C1. The van der Waals surface area contributed by atoms with Crippen LogP contribution in [0, 0.1) is 0 Å². The number of halogens is 1. The molecule has 1 fully saturated rings. The summed E-state index contributed by atoms with van der Waals surface area (Å²) in [5.41, 5.74) is 4.39. The lowest BCUT2D eigenvalue weighted by atomic mass is 9.99. The van der Waals surface area contributed by atoms with Gasteiger partial charge >= 0.3 is 0 Å². The van der Waals surface area contributed by atoms with E-state index in [-0.39, 0.29) is 5.91 Å². The van der Waals surface area contributed by atoms with Crippen molar-refractivity contribution in [2.24, 2.45) is 0 Å². The molecule has 0 atom stereocenters. The molecular weight excluding hydrogens is 440 g/mol. The predicted octanol–water partition coefficient (Wildman–Crippen LogP) is 5.22. The van der Waals surface area contributed by atoms with Gasteiger partial charge in [0.25, 0.3) is 5.91 Å². The van der Waals surface area contributed by atoms with E-state index in [1.54, 1.807) is 11.8 Å². The largest absolute Gasteiger partial charge is 0.356 e. The van der Waals surface area contributed by atoms with Crippen molar-refractivity contribution in [3.05, 3.63) is 82.0 Å². The maximum absolute atomic E-state index is 13.1. The zero-order valence-electron chi connectivity index (χ0n) is 17.8. The number of fused-ring (bicyclic) bond motifs is 1.